The molecule has 1 heterocycles. The fourth-order valence-electron chi connectivity index (χ4n) is 3.42. The third-order valence-corrected chi connectivity index (χ3v) is 5.85. The van der Waals surface area contributed by atoms with Gasteiger partial charge in [0.1, 0.15) is 0 Å². The van der Waals surface area contributed by atoms with Gasteiger partial charge in [0.05, 0.1) is 17.4 Å². The average molecular weight is 360 g/mol. The van der Waals surface area contributed by atoms with Crippen LogP contribution in [0.5, 0.6) is 0 Å². The van der Waals surface area contributed by atoms with E-state index < -0.39 is 0 Å². The van der Waals surface area contributed by atoms with Crippen LogP contribution in [0.15, 0.2) is 35.6 Å². The summed E-state index contributed by atoms with van der Waals surface area (Å²) in [6.45, 7) is 4.78. The molecule has 1 saturated carbocycles. The van der Waals surface area contributed by atoms with Gasteiger partial charge < -0.3 is 15.2 Å². The highest BCUT2D eigenvalue weighted by Crippen LogP contribution is 2.28. The minimum atomic E-state index is 0.563. The number of hydrogen-bond acceptors (Lipinski definition) is 3. The molecule has 6 heteroatoms. The molecule has 1 aromatic carbocycles. The van der Waals surface area contributed by atoms with Gasteiger partial charge in [-0.2, -0.15) is 11.8 Å². The second-order valence-corrected chi connectivity index (χ2v) is 7.69. The number of benzene rings is 1. The number of nitrogens with one attached hydrogen (secondary N) is 2. The lowest BCUT2D eigenvalue weighted by molar-refractivity contribution is 0.610. The number of nitrogens with zero attached hydrogens (tertiary/aromatic N) is 3. The first-order valence-electron chi connectivity index (χ1n) is 9.27. The Balaban J connectivity index is 1.50. The minimum Gasteiger partial charge on any atom is -0.357 e. The summed E-state index contributed by atoms with van der Waals surface area (Å²) in [6, 6.07) is 8.84. The maximum Gasteiger partial charge on any atom is 0.191 e. The standard InChI is InChI=1S/C19H29N5S/c1-3-20-19(23-15-9-10-16(13-15)25-2)21-11-6-12-24-14-22-17-7-4-5-8-18(17)24/h4-5,7-8,14-16H,3,6,9-13H2,1-2H3,(H2,20,21,23). The number of para-hydroxylation sites is 2. The van der Waals surface area contributed by atoms with Gasteiger partial charge in [0.15, 0.2) is 5.96 Å². The summed E-state index contributed by atoms with van der Waals surface area (Å²) in [5.74, 6) is 0.963. The molecule has 136 valence electrons. The van der Waals surface area contributed by atoms with E-state index in [4.69, 9.17) is 4.99 Å². The third kappa shape index (κ3) is 4.91. The van der Waals surface area contributed by atoms with E-state index in [9.17, 15) is 0 Å². The lowest BCUT2D eigenvalue weighted by atomic mass is 10.2. The number of rotatable bonds is 7. The molecule has 5 nitrogen and oxygen atoms in total. The van der Waals surface area contributed by atoms with Crippen molar-refractivity contribution in [1.29, 1.82) is 0 Å². The highest BCUT2D eigenvalue weighted by Gasteiger charge is 2.24. The molecule has 25 heavy (non-hydrogen) atoms. The van der Waals surface area contributed by atoms with Gasteiger partial charge in [0.25, 0.3) is 0 Å². The van der Waals surface area contributed by atoms with Crippen LogP contribution in [0.4, 0.5) is 0 Å². The lowest BCUT2D eigenvalue weighted by Crippen LogP contribution is -2.42. The maximum absolute atomic E-state index is 4.76. The first kappa shape index (κ1) is 18.1. The predicted octanol–water partition coefficient (Wildman–Crippen LogP) is 3.27. The Kier molecular flexibility index (Phi) is 6.62. The molecule has 0 aliphatic heterocycles. The number of hydrogen-bond donors (Lipinski definition) is 2. The van der Waals surface area contributed by atoms with E-state index in [1.54, 1.807) is 0 Å². The van der Waals surface area contributed by atoms with Crippen LogP contribution in [0.25, 0.3) is 11.0 Å². The SMILES string of the molecule is CCNC(=NCCCn1cnc2ccccc21)NC1CCC(SC)C1. The number of thioether (sulfide) groups is 1. The molecule has 2 N–H and O–H groups in total. The molecular formula is C19H29N5S. The van der Waals surface area contributed by atoms with Crippen LogP contribution < -0.4 is 10.6 Å². The quantitative estimate of drug-likeness (QED) is 0.453. The summed E-state index contributed by atoms with van der Waals surface area (Å²) in [5, 5.41) is 7.79. The van der Waals surface area contributed by atoms with Crippen LogP contribution >= 0.6 is 11.8 Å². The Labute approximate surface area is 154 Å². The minimum absolute atomic E-state index is 0.563. The molecule has 2 unspecified atom stereocenters. The van der Waals surface area contributed by atoms with Crippen LogP contribution in [0.3, 0.4) is 0 Å². The third-order valence-electron chi connectivity index (χ3n) is 4.76. The van der Waals surface area contributed by atoms with Crippen molar-refractivity contribution >= 4 is 28.8 Å². The van der Waals surface area contributed by atoms with Crippen molar-refractivity contribution in [2.75, 3.05) is 19.3 Å². The number of fused-ring (bicyclic) bond motifs is 1. The first-order chi connectivity index (χ1) is 12.3. The van der Waals surface area contributed by atoms with E-state index in [1.165, 1.54) is 24.8 Å². The summed E-state index contributed by atoms with van der Waals surface area (Å²) in [7, 11) is 0. The van der Waals surface area contributed by atoms with Gasteiger partial charge >= 0.3 is 0 Å². The highest BCUT2D eigenvalue weighted by atomic mass is 32.2. The van der Waals surface area contributed by atoms with Gasteiger partial charge in [0.2, 0.25) is 0 Å². The molecule has 2 atom stereocenters. The molecule has 1 fully saturated rings. The van der Waals surface area contributed by atoms with Crippen LogP contribution in [-0.2, 0) is 6.54 Å². The van der Waals surface area contributed by atoms with Gasteiger partial charge in [-0.05, 0) is 51.0 Å². The van der Waals surface area contributed by atoms with Crippen LogP contribution in [0, 0.1) is 0 Å². The van der Waals surface area contributed by atoms with Gasteiger partial charge in [-0.3, -0.25) is 4.99 Å². The van der Waals surface area contributed by atoms with Crippen molar-refractivity contribution in [3.8, 4) is 0 Å². The molecule has 0 amide bonds. The zero-order valence-electron chi connectivity index (χ0n) is 15.2. The van der Waals surface area contributed by atoms with E-state index in [1.807, 2.05) is 24.2 Å². The summed E-state index contributed by atoms with van der Waals surface area (Å²) >= 11 is 1.99. The van der Waals surface area contributed by atoms with Crippen molar-refractivity contribution in [2.24, 2.45) is 4.99 Å². The molecule has 0 spiro atoms. The van der Waals surface area contributed by atoms with E-state index in [-0.39, 0.29) is 0 Å². The molecular weight excluding hydrogens is 330 g/mol. The Morgan fingerprint density at radius 3 is 3.04 bits per heavy atom. The van der Waals surface area contributed by atoms with Crippen molar-refractivity contribution in [2.45, 2.75) is 50.4 Å². The molecule has 0 bridgehead atoms. The zero-order chi connectivity index (χ0) is 17.5. The molecule has 1 aliphatic carbocycles. The maximum atomic E-state index is 4.76. The van der Waals surface area contributed by atoms with Crippen molar-refractivity contribution in [3.05, 3.63) is 30.6 Å². The Hall–Kier alpha value is -1.69. The zero-order valence-corrected chi connectivity index (χ0v) is 16.1. The Morgan fingerprint density at radius 2 is 2.24 bits per heavy atom. The van der Waals surface area contributed by atoms with Gasteiger partial charge in [-0.1, -0.05) is 12.1 Å². The highest BCUT2D eigenvalue weighted by molar-refractivity contribution is 7.99. The van der Waals surface area contributed by atoms with Crippen molar-refractivity contribution in [1.82, 2.24) is 20.2 Å². The average Bonchev–Trinajstić information content (AvgIpc) is 3.25. The fourth-order valence-corrected chi connectivity index (χ4v) is 4.22. The topological polar surface area (TPSA) is 54.2 Å². The number of aliphatic imine (C=N–C) groups is 1. The van der Waals surface area contributed by atoms with Crippen molar-refractivity contribution in [3.63, 3.8) is 0 Å². The molecule has 2 aromatic rings. The van der Waals surface area contributed by atoms with E-state index in [0.717, 1.165) is 42.8 Å². The second-order valence-electron chi connectivity index (χ2n) is 6.55. The van der Waals surface area contributed by atoms with Crippen LogP contribution in [0.1, 0.15) is 32.6 Å². The second kappa shape index (κ2) is 9.13. The van der Waals surface area contributed by atoms with Gasteiger partial charge in [0, 0.05) is 30.9 Å². The number of aryl methyl sites for hydroxylation is 1. The number of aromatic nitrogens is 2. The fraction of sp³-hybridized carbons (Fsp3) is 0.579. The largest absolute Gasteiger partial charge is 0.357 e. The summed E-state index contributed by atoms with van der Waals surface area (Å²) in [4.78, 5) is 9.21. The number of imidazole rings is 1. The van der Waals surface area contributed by atoms with E-state index in [2.05, 4.69) is 51.6 Å². The number of guanidine groups is 1. The van der Waals surface area contributed by atoms with E-state index in [0.29, 0.717) is 6.04 Å². The van der Waals surface area contributed by atoms with Crippen molar-refractivity contribution < 1.29 is 0 Å². The van der Waals surface area contributed by atoms with Gasteiger partial charge in [-0.15, -0.1) is 0 Å². The Morgan fingerprint density at radius 1 is 1.36 bits per heavy atom. The summed E-state index contributed by atoms with van der Waals surface area (Å²) in [5.41, 5.74) is 2.26. The van der Waals surface area contributed by atoms with E-state index >= 15 is 0 Å². The monoisotopic (exact) mass is 359 g/mol. The van der Waals surface area contributed by atoms with Gasteiger partial charge in [-0.25, -0.2) is 4.98 Å². The smallest absolute Gasteiger partial charge is 0.191 e. The Bertz CT molecular complexity index is 696. The molecule has 0 saturated heterocycles. The normalized spacial score (nSPS) is 21.0. The van der Waals surface area contributed by atoms with Crippen LogP contribution in [0.2, 0.25) is 0 Å². The molecule has 0 radical (unpaired) electrons. The van der Waals surface area contributed by atoms with Crippen LogP contribution in [-0.4, -0.2) is 46.1 Å². The molecule has 3 rings (SSSR count). The summed E-state index contributed by atoms with van der Waals surface area (Å²) in [6.07, 6.45) is 8.95. The summed E-state index contributed by atoms with van der Waals surface area (Å²) < 4.78 is 2.21. The molecule has 1 aromatic heterocycles. The predicted molar refractivity (Wildman–Crippen MR) is 108 cm³/mol. The first-order valence-corrected chi connectivity index (χ1v) is 10.6. The lowest BCUT2D eigenvalue weighted by Gasteiger charge is -2.17. The molecule has 1 aliphatic rings.